The first kappa shape index (κ1) is 17.3. The zero-order valence-corrected chi connectivity index (χ0v) is 15.7. The van der Waals surface area contributed by atoms with Crippen LogP contribution in [0.2, 0.25) is 0 Å². The van der Waals surface area contributed by atoms with E-state index in [1.54, 1.807) is 7.11 Å². The highest BCUT2D eigenvalue weighted by atomic mass is 16.5. The average Bonchev–Trinajstić information content (AvgIpc) is 2.69. The highest BCUT2D eigenvalue weighted by Gasteiger charge is 2.19. The number of hydrogen-bond acceptors (Lipinski definition) is 4. The topological polar surface area (TPSA) is 45.6 Å². The number of anilines is 2. The number of aliphatic hydroxyl groups excluding tert-OH is 1. The fourth-order valence-electron chi connectivity index (χ4n) is 3.59. The molecule has 0 atom stereocenters. The fourth-order valence-corrected chi connectivity index (χ4v) is 3.59. The minimum Gasteiger partial charge on any atom is -0.496 e. The molecule has 4 nitrogen and oxygen atoms in total. The molecular formula is C23H22N2O2. The third kappa shape index (κ3) is 2.98. The molecule has 0 saturated heterocycles. The number of ether oxygens (including phenoxy) is 1. The predicted octanol–water partition coefficient (Wildman–Crippen LogP) is 5.10. The van der Waals surface area contributed by atoms with Crippen LogP contribution in [0.15, 0.2) is 60.7 Å². The fraction of sp³-hybridized carbons (Fsp3) is 0.174. The summed E-state index contributed by atoms with van der Waals surface area (Å²) < 4.78 is 5.61. The van der Waals surface area contributed by atoms with E-state index >= 15 is 0 Å². The molecule has 0 aliphatic carbocycles. The Labute approximate surface area is 158 Å². The Morgan fingerprint density at radius 2 is 1.74 bits per heavy atom. The van der Waals surface area contributed by atoms with E-state index in [-0.39, 0.29) is 6.73 Å². The van der Waals surface area contributed by atoms with Gasteiger partial charge in [-0.1, -0.05) is 30.3 Å². The Morgan fingerprint density at radius 3 is 2.44 bits per heavy atom. The molecule has 0 bridgehead atoms. The molecule has 1 N–H and O–H groups in total. The molecule has 0 aliphatic heterocycles. The summed E-state index contributed by atoms with van der Waals surface area (Å²) in [6.45, 7) is 3.94. The van der Waals surface area contributed by atoms with Crippen molar-refractivity contribution in [3.8, 4) is 5.75 Å². The number of fused-ring (bicyclic) bond motifs is 2. The third-order valence-corrected chi connectivity index (χ3v) is 4.95. The molecule has 0 saturated carbocycles. The van der Waals surface area contributed by atoms with Crippen LogP contribution in [0.3, 0.4) is 0 Å². The molecule has 0 amide bonds. The standard InChI is InChI=1S/C23H22N2O2/c1-15-9-10-17-12-19-21(24-20(17)11-15)13-22(27-3)16(2)23(19)25(14-26)18-7-5-4-6-8-18/h4-13,26H,14H2,1-3H3. The van der Waals surface area contributed by atoms with Crippen molar-refractivity contribution in [1.29, 1.82) is 0 Å². The normalized spacial score (nSPS) is 11.1. The lowest BCUT2D eigenvalue weighted by molar-refractivity contribution is 0.304. The summed E-state index contributed by atoms with van der Waals surface area (Å²) in [6.07, 6.45) is 0. The largest absolute Gasteiger partial charge is 0.496 e. The van der Waals surface area contributed by atoms with Gasteiger partial charge in [0.05, 0.1) is 23.8 Å². The van der Waals surface area contributed by atoms with Crippen molar-refractivity contribution >= 4 is 33.2 Å². The Hall–Kier alpha value is -3.11. The minimum absolute atomic E-state index is 0.140. The van der Waals surface area contributed by atoms with Gasteiger partial charge in [-0.2, -0.15) is 0 Å². The Bertz CT molecular complexity index is 1120. The number of aryl methyl sites for hydroxylation is 1. The lowest BCUT2D eigenvalue weighted by Gasteiger charge is -2.27. The number of methoxy groups -OCH3 is 1. The van der Waals surface area contributed by atoms with Crippen molar-refractivity contribution in [1.82, 2.24) is 4.98 Å². The molecule has 1 heterocycles. The highest BCUT2D eigenvalue weighted by molar-refractivity contribution is 6.03. The van der Waals surface area contributed by atoms with Crippen molar-refractivity contribution in [2.45, 2.75) is 13.8 Å². The van der Waals surface area contributed by atoms with Crippen LogP contribution in [0.4, 0.5) is 11.4 Å². The summed E-state index contributed by atoms with van der Waals surface area (Å²) in [5.74, 6) is 0.756. The molecule has 0 aliphatic rings. The summed E-state index contributed by atoms with van der Waals surface area (Å²) in [5, 5.41) is 12.3. The maximum Gasteiger partial charge on any atom is 0.126 e. The van der Waals surface area contributed by atoms with Gasteiger partial charge in [0.2, 0.25) is 0 Å². The summed E-state index contributed by atoms with van der Waals surface area (Å²) >= 11 is 0. The number of rotatable bonds is 4. The Kier molecular flexibility index (Phi) is 4.42. The van der Waals surface area contributed by atoms with Gasteiger partial charge in [-0.05, 0) is 43.7 Å². The van der Waals surface area contributed by atoms with Gasteiger partial charge in [-0.3, -0.25) is 0 Å². The quantitative estimate of drug-likeness (QED) is 0.407. The molecule has 0 radical (unpaired) electrons. The van der Waals surface area contributed by atoms with Gasteiger partial charge < -0.3 is 14.7 Å². The van der Waals surface area contributed by atoms with Crippen molar-refractivity contribution in [2.24, 2.45) is 0 Å². The number of aromatic nitrogens is 1. The summed E-state index contributed by atoms with van der Waals surface area (Å²) in [6, 6.07) is 20.2. The van der Waals surface area contributed by atoms with Crippen molar-refractivity contribution < 1.29 is 9.84 Å². The summed E-state index contributed by atoms with van der Waals surface area (Å²) in [5.41, 5.74) is 5.77. The molecule has 0 spiro atoms. The van der Waals surface area contributed by atoms with Gasteiger partial charge >= 0.3 is 0 Å². The maximum atomic E-state index is 10.2. The zero-order chi connectivity index (χ0) is 19.0. The van der Waals surface area contributed by atoms with Crippen LogP contribution in [-0.4, -0.2) is 23.9 Å². The number of nitrogens with zero attached hydrogens (tertiary/aromatic N) is 2. The second-order valence-corrected chi connectivity index (χ2v) is 6.71. The van der Waals surface area contributed by atoms with Crippen LogP contribution in [-0.2, 0) is 0 Å². The molecule has 3 aromatic carbocycles. The molecule has 27 heavy (non-hydrogen) atoms. The van der Waals surface area contributed by atoms with E-state index in [1.807, 2.05) is 48.2 Å². The van der Waals surface area contributed by atoms with E-state index in [0.29, 0.717) is 0 Å². The number of pyridine rings is 1. The molecule has 136 valence electrons. The lowest BCUT2D eigenvalue weighted by Crippen LogP contribution is -2.19. The smallest absolute Gasteiger partial charge is 0.126 e. The summed E-state index contributed by atoms with van der Waals surface area (Å²) in [7, 11) is 1.66. The van der Waals surface area contributed by atoms with Crippen molar-refractivity contribution in [2.75, 3.05) is 18.7 Å². The minimum atomic E-state index is -0.140. The molecular weight excluding hydrogens is 336 g/mol. The van der Waals surface area contributed by atoms with Crippen LogP contribution >= 0.6 is 0 Å². The van der Waals surface area contributed by atoms with Gasteiger partial charge in [0.1, 0.15) is 12.5 Å². The lowest BCUT2D eigenvalue weighted by atomic mass is 10.0. The van der Waals surface area contributed by atoms with Gasteiger partial charge in [0, 0.05) is 28.1 Å². The Balaban J connectivity index is 2.07. The number of hydrogen-bond donors (Lipinski definition) is 1. The van der Waals surface area contributed by atoms with E-state index in [4.69, 9.17) is 9.72 Å². The van der Waals surface area contributed by atoms with Gasteiger partial charge in [0.15, 0.2) is 0 Å². The van der Waals surface area contributed by atoms with Crippen LogP contribution in [0.5, 0.6) is 5.75 Å². The molecule has 0 unspecified atom stereocenters. The average molecular weight is 358 g/mol. The SMILES string of the molecule is COc1cc2nc3cc(C)ccc3cc2c(N(CO)c2ccccc2)c1C. The first-order valence-electron chi connectivity index (χ1n) is 8.94. The van der Waals surface area contributed by atoms with E-state index in [9.17, 15) is 5.11 Å². The van der Waals surface area contributed by atoms with Crippen LogP contribution in [0.25, 0.3) is 21.8 Å². The second kappa shape index (κ2) is 6.89. The van der Waals surface area contributed by atoms with Gasteiger partial charge in [-0.15, -0.1) is 0 Å². The number of aliphatic hydroxyl groups is 1. The first-order chi connectivity index (χ1) is 13.1. The van der Waals surface area contributed by atoms with Crippen LogP contribution in [0.1, 0.15) is 11.1 Å². The predicted molar refractivity (Wildman–Crippen MR) is 111 cm³/mol. The molecule has 4 aromatic rings. The van der Waals surface area contributed by atoms with E-state index < -0.39 is 0 Å². The van der Waals surface area contributed by atoms with Gasteiger partial charge in [-0.25, -0.2) is 4.98 Å². The molecule has 4 heteroatoms. The van der Waals surface area contributed by atoms with Crippen LogP contribution < -0.4 is 9.64 Å². The second-order valence-electron chi connectivity index (χ2n) is 6.71. The third-order valence-electron chi connectivity index (χ3n) is 4.95. The molecule has 1 aromatic heterocycles. The van der Waals surface area contributed by atoms with E-state index in [1.165, 1.54) is 5.56 Å². The monoisotopic (exact) mass is 358 g/mol. The maximum absolute atomic E-state index is 10.2. The highest BCUT2D eigenvalue weighted by Crippen LogP contribution is 2.40. The molecule has 4 rings (SSSR count). The Morgan fingerprint density at radius 1 is 0.963 bits per heavy atom. The van der Waals surface area contributed by atoms with Gasteiger partial charge in [0.25, 0.3) is 0 Å². The molecule has 0 fully saturated rings. The van der Waals surface area contributed by atoms with Crippen molar-refractivity contribution in [3.05, 3.63) is 71.8 Å². The van der Waals surface area contributed by atoms with Crippen LogP contribution in [0, 0.1) is 13.8 Å². The number of para-hydroxylation sites is 1. The zero-order valence-electron chi connectivity index (χ0n) is 15.7. The first-order valence-corrected chi connectivity index (χ1v) is 8.94. The number of benzene rings is 3. The summed E-state index contributed by atoms with van der Waals surface area (Å²) in [4.78, 5) is 6.76. The van der Waals surface area contributed by atoms with Crippen molar-refractivity contribution in [3.63, 3.8) is 0 Å². The van der Waals surface area contributed by atoms with E-state index in [0.717, 1.165) is 44.5 Å². The van der Waals surface area contributed by atoms with E-state index in [2.05, 4.69) is 31.2 Å².